The van der Waals surface area contributed by atoms with E-state index in [0.29, 0.717) is 18.0 Å². The summed E-state index contributed by atoms with van der Waals surface area (Å²) in [6.45, 7) is 6.83. The molecule has 4 N–H and O–H groups in total. The predicted octanol–water partition coefficient (Wildman–Crippen LogP) is 1.10. The molecule has 1 rings (SSSR count). The molecule has 1 amide bonds. The van der Waals surface area contributed by atoms with Crippen LogP contribution in [0.4, 0.5) is 0 Å². The van der Waals surface area contributed by atoms with Gasteiger partial charge < -0.3 is 15.8 Å². The number of benzene rings is 1. The number of nitrogens with two attached hydrogens (primary N) is 1. The van der Waals surface area contributed by atoms with Crippen molar-refractivity contribution in [2.24, 2.45) is 11.7 Å². The number of nitrogens with one attached hydrogen (secondary N) is 2. The summed E-state index contributed by atoms with van der Waals surface area (Å²) in [5, 5.41) is 2.95. The third-order valence-electron chi connectivity index (χ3n) is 3.75. The van der Waals surface area contributed by atoms with Gasteiger partial charge >= 0.3 is 0 Å². The zero-order chi connectivity index (χ0) is 19.1. The van der Waals surface area contributed by atoms with Crippen LogP contribution in [0.1, 0.15) is 37.6 Å². The minimum Gasteiger partial charge on any atom is -0.383 e. The normalized spacial score (nSPS) is 14.3. The van der Waals surface area contributed by atoms with Crippen LogP contribution < -0.4 is 15.8 Å². The number of methoxy groups -OCH3 is 1. The molecule has 8 heteroatoms. The average Bonchev–Trinajstić information content (AvgIpc) is 2.54. The monoisotopic (exact) mass is 371 g/mol. The Hall–Kier alpha value is -1.48. The van der Waals surface area contributed by atoms with Crippen molar-refractivity contribution < 1.29 is 17.9 Å². The van der Waals surface area contributed by atoms with Crippen LogP contribution in [0.25, 0.3) is 0 Å². The predicted molar refractivity (Wildman–Crippen MR) is 97.9 cm³/mol. The maximum atomic E-state index is 12.4. The number of amides is 1. The van der Waals surface area contributed by atoms with Crippen molar-refractivity contribution in [3.8, 4) is 0 Å². The molecule has 0 saturated heterocycles. The lowest BCUT2D eigenvalue weighted by molar-refractivity contribution is 0.0898. The Kier molecular flexibility index (Phi) is 8.01. The van der Waals surface area contributed by atoms with Crippen LogP contribution in [0.5, 0.6) is 0 Å². The van der Waals surface area contributed by atoms with Gasteiger partial charge in [-0.15, -0.1) is 0 Å². The molecule has 142 valence electrons. The summed E-state index contributed by atoms with van der Waals surface area (Å²) in [5.41, 5.74) is 5.69. The van der Waals surface area contributed by atoms with Gasteiger partial charge in [-0.25, -0.2) is 13.1 Å². The van der Waals surface area contributed by atoms with Crippen molar-refractivity contribution in [3.05, 3.63) is 29.8 Å². The first kappa shape index (κ1) is 21.6. The van der Waals surface area contributed by atoms with E-state index in [1.807, 2.05) is 6.92 Å². The van der Waals surface area contributed by atoms with Crippen molar-refractivity contribution >= 4 is 15.9 Å². The molecule has 0 aliphatic carbocycles. The van der Waals surface area contributed by atoms with Gasteiger partial charge in [-0.3, -0.25) is 4.79 Å². The minimum absolute atomic E-state index is 0.101. The SMILES string of the molecule is COCCNS(=O)(=O)c1ccc(C(=O)NC(C)(CN)CC(C)C)cc1. The van der Waals surface area contributed by atoms with Crippen LogP contribution in [-0.4, -0.2) is 46.7 Å². The van der Waals surface area contributed by atoms with Gasteiger partial charge in [0.05, 0.1) is 11.5 Å². The number of ether oxygens (including phenoxy) is 1. The zero-order valence-corrected chi connectivity index (χ0v) is 16.2. The molecule has 0 fully saturated rings. The van der Waals surface area contributed by atoms with Crippen LogP contribution in [0.15, 0.2) is 29.2 Å². The standard InChI is InChI=1S/C17H29N3O4S/c1-13(2)11-17(3,12-18)20-16(21)14-5-7-15(8-6-14)25(22,23)19-9-10-24-4/h5-8,13,19H,9-12,18H2,1-4H3,(H,20,21). The van der Waals surface area contributed by atoms with Crippen LogP contribution in [0.3, 0.4) is 0 Å². The molecule has 0 radical (unpaired) electrons. The van der Waals surface area contributed by atoms with E-state index in [1.54, 1.807) is 0 Å². The van der Waals surface area contributed by atoms with E-state index in [2.05, 4.69) is 23.9 Å². The second-order valence-electron chi connectivity index (χ2n) is 6.73. The van der Waals surface area contributed by atoms with E-state index in [4.69, 9.17) is 10.5 Å². The molecule has 25 heavy (non-hydrogen) atoms. The molecule has 1 unspecified atom stereocenters. The molecule has 0 aromatic heterocycles. The minimum atomic E-state index is -3.61. The summed E-state index contributed by atoms with van der Waals surface area (Å²) in [4.78, 5) is 12.5. The highest BCUT2D eigenvalue weighted by Crippen LogP contribution is 2.17. The van der Waals surface area contributed by atoms with Gasteiger partial charge in [0, 0.05) is 31.3 Å². The van der Waals surface area contributed by atoms with Gasteiger partial charge in [-0.1, -0.05) is 13.8 Å². The lowest BCUT2D eigenvalue weighted by Gasteiger charge is -2.31. The number of rotatable bonds is 10. The third kappa shape index (κ3) is 6.74. The van der Waals surface area contributed by atoms with E-state index in [0.717, 1.165) is 6.42 Å². The van der Waals surface area contributed by atoms with Gasteiger partial charge in [0.1, 0.15) is 0 Å². The Balaban J connectivity index is 2.83. The van der Waals surface area contributed by atoms with Crippen molar-refractivity contribution in [1.29, 1.82) is 0 Å². The van der Waals surface area contributed by atoms with Gasteiger partial charge in [0.25, 0.3) is 5.91 Å². The summed E-state index contributed by atoms with van der Waals surface area (Å²) in [6, 6.07) is 5.80. The topological polar surface area (TPSA) is 111 Å². The molecular weight excluding hydrogens is 342 g/mol. The first-order chi connectivity index (χ1) is 11.6. The van der Waals surface area contributed by atoms with E-state index < -0.39 is 15.6 Å². The summed E-state index contributed by atoms with van der Waals surface area (Å²) in [5.74, 6) is 0.115. The highest BCUT2D eigenvalue weighted by molar-refractivity contribution is 7.89. The quantitative estimate of drug-likeness (QED) is 0.534. The van der Waals surface area contributed by atoms with Gasteiger partial charge in [-0.05, 0) is 43.5 Å². The number of hydrogen-bond acceptors (Lipinski definition) is 5. The molecule has 1 atom stereocenters. The Morgan fingerprint density at radius 3 is 2.36 bits per heavy atom. The Labute approximate surface area is 150 Å². The van der Waals surface area contributed by atoms with Crippen LogP contribution in [0, 0.1) is 5.92 Å². The van der Waals surface area contributed by atoms with Crippen molar-refractivity contribution in [2.45, 2.75) is 37.6 Å². The molecule has 0 aliphatic heterocycles. The second-order valence-corrected chi connectivity index (χ2v) is 8.50. The fourth-order valence-corrected chi connectivity index (χ4v) is 3.59. The Morgan fingerprint density at radius 1 is 1.28 bits per heavy atom. The van der Waals surface area contributed by atoms with Crippen molar-refractivity contribution in [3.63, 3.8) is 0 Å². The van der Waals surface area contributed by atoms with Gasteiger partial charge in [-0.2, -0.15) is 0 Å². The van der Waals surface area contributed by atoms with Crippen LogP contribution in [0.2, 0.25) is 0 Å². The maximum Gasteiger partial charge on any atom is 0.251 e. The van der Waals surface area contributed by atoms with E-state index >= 15 is 0 Å². The molecule has 7 nitrogen and oxygen atoms in total. The third-order valence-corrected chi connectivity index (χ3v) is 5.23. The first-order valence-electron chi connectivity index (χ1n) is 8.25. The molecule has 0 bridgehead atoms. The lowest BCUT2D eigenvalue weighted by atomic mass is 9.90. The van der Waals surface area contributed by atoms with Gasteiger partial charge in [0.2, 0.25) is 10.0 Å². The van der Waals surface area contributed by atoms with Gasteiger partial charge in [0.15, 0.2) is 0 Å². The fourth-order valence-electron chi connectivity index (χ4n) is 2.58. The summed E-state index contributed by atoms with van der Waals surface area (Å²) < 4.78 is 31.4. The average molecular weight is 372 g/mol. The molecular formula is C17H29N3O4S. The largest absolute Gasteiger partial charge is 0.383 e. The molecule has 1 aromatic carbocycles. The summed E-state index contributed by atoms with van der Waals surface area (Å²) in [6.07, 6.45) is 0.755. The fraction of sp³-hybridized carbons (Fsp3) is 0.588. The van der Waals surface area contributed by atoms with E-state index in [1.165, 1.54) is 31.4 Å². The van der Waals surface area contributed by atoms with E-state index in [-0.39, 0.29) is 24.0 Å². The Morgan fingerprint density at radius 2 is 1.88 bits per heavy atom. The molecule has 0 heterocycles. The summed E-state index contributed by atoms with van der Waals surface area (Å²) >= 11 is 0. The van der Waals surface area contributed by atoms with E-state index in [9.17, 15) is 13.2 Å². The number of carbonyl (C=O) groups is 1. The molecule has 0 saturated carbocycles. The van der Waals surface area contributed by atoms with Crippen molar-refractivity contribution in [1.82, 2.24) is 10.0 Å². The van der Waals surface area contributed by atoms with Crippen molar-refractivity contribution in [2.75, 3.05) is 26.8 Å². The first-order valence-corrected chi connectivity index (χ1v) is 9.73. The number of carbonyl (C=O) groups excluding carboxylic acids is 1. The summed E-state index contributed by atoms with van der Waals surface area (Å²) in [7, 11) is -2.12. The zero-order valence-electron chi connectivity index (χ0n) is 15.3. The lowest BCUT2D eigenvalue weighted by Crippen LogP contribution is -2.52. The second kappa shape index (κ2) is 9.28. The maximum absolute atomic E-state index is 12.4. The Bertz CT molecular complexity index is 659. The number of sulfonamides is 1. The molecule has 0 aliphatic rings. The smallest absolute Gasteiger partial charge is 0.251 e. The number of hydrogen-bond donors (Lipinski definition) is 3. The molecule has 1 aromatic rings. The van der Waals surface area contributed by atoms with Crippen LogP contribution >= 0.6 is 0 Å². The highest BCUT2D eigenvalue weighted by Gasteiger charge is 2.26. The van der Waals surface area contributed by atoms with Crippen LogP contribution in [-0.2, 0) is 14.8 Å². The highest BCUT2D eigenvalue weighted by atomic mass is 32.2. The molecule has 0 spiro atoms.